The molecule has 2 aromatic carbocycles. The minimum absolute atomic E-state index is 0.0565. The number of nitrogens with two attached hydrogens (primary N) is 1. The molecule has 6 heterocycles. The van der Waals surface area contributed by atoms with E-state index in [0.29, 0.717) is 41.6 Å². The molecule has 4 aliphatic rings. The van der Waals surface area contributed by atoms with E-state index in [9.17, 15) is 4.39 Å². The summed E-state index contributed by atoms with van der Waals surface area (Å²) in [5.74, 6) is -0.391. The summed E-state index contributed by atoms with van der Waals surface area (Å²) in [5.41, 5.74) is 5.96. The number of alkyl halides is 1. The van der Waals surface area contributed by atoms with Crippen molar-refractivity contribution in [2.45, 2.75) is 62.3 Å². The molecule has 0 unspecified atom stereocenters. The Balaban J connectivity index is 1.25. The number of nitrogens with one attached hydrogen (secondary N) is 1. The Bertz CT molecular complexity index is 1740. The lowest BCUT2D eigenvalue weighted by Crippen LogP contribution is -2.43. The van der Waals surface area contributed by atoms with Gasteiger partial charge in [0.2, 0.25) is 0 Å². The highest BCUT2D eigenvalue weighted by atomic mass is 19.1. The van der Waals surface area contributed by atoms with Crippen LogP contribution in [0.15, 0.2) is 36.4 Å². The first-order chi connectivity index (χ1) is 20.9. The Morgan fingerprint density at radius 2 is 1.91 bits per heavy atom. The van der Waals surface area contributed by atoms with Gasteiger partial charge in [0.05, 0.1) is 11.2 Å². The third-order valence-corrected chi connectivity index (χ3v) is 9.90. The number of nitrogens with zero attached hydrogens (tertiary/aromatic N) is 5. The second-order valence-corrected chi connectivity index (χ2v) is 12.6. The normalized spacial score (nSPS) is 27.2. The van der Waals surface area contributed by atoms with Crippen LogP contribution in [0, 0.1) is 11.6 Å². The Kier molecular flexibility index (Phi) is 6.38. The summed E-state index contributed by atoms with van der Waals surface area (Å²) in [6.07, 6.45) is 4.53. The Morgan fingerprint density at radius 1 is 1.02 bits per heavy atom. The summed E-state index contributed by atoms with van der Waals surface area (Å²) >= 11 is 0. The number of benzene rings is 2. The maximum Gasteiger partial charge on any atom is 0.319 e. The van der Waals surface area contributed by atoms with Crippen molar-refractivity contribution in [2.75, 3.05) is 43.4 Å². The molecule has 4 aliphatic heterocycles. The van der Waals surface area contributed by atoms with Gasteiger partial charge in [-0.1, -0.05) is 12.1 Å². The molecular formula is C32H34F3N7O. The zero-order valence-electron chi connectivity index (χ0n) is 23.8. The molecule has 4 aromatic rings. The first-order valence-corrected chi connectivity index (χ1v) is 15.3. The highest BCUT2D eigenvalue weighted by molar-refractivity contribution is 6.00. The van der Waals surface area contributed by atoms with Crippen molar-refractivity contribution >= 4 is 33.3 Å². The van der Waals surface area contributed by atoms with E-state index in [1.54, 1.807) is 30.3 Å². The van der Waals surface area contributed by atoms with Crippen LogP contribution < -0.4 is 20.7 Å². The molecule has 0 amide bonds. The predicted molar refractivity (Wildman–Crippen MR) is 160 cm³/mol. The number of anilines is 2. The van der Waals surface area contributed by atoms with Crippen LogP contribution in [0.1, 0.15) is 38.5 Å². The summed E-state index contributed by atoms with van der Waals surface area (Å²) < 4.78 is 52.4. The average Bonchev–Trinajstić information content (AvgIpc) is 3.62. The van der Waals surface area contributed by atoms with Gasteiger partial charge in [-0.3, -0.25) is 4.90 Å². The van der Waals surface area contributed by atoms with Gasteiger partial charge in [-0.05, 0) is 68.3 Å². The van der Waals surface area contributed by atoms with Crippen LogP contribution in [0.4, 0.5) is 24.8 Å². The smallest absolute Gasteiger partial charge is 0.319 e. The first-order valence-electron chi connectivity index (χ1n) is 15.3. The molecule has 224 valence electrons. The van der Waals surface area contributed by atoms with Crippen LogP contribution >= 0.6 is 0 Å². The fourth-order valence-corrected chi connectivity index (χ4v) is 7.88. The van der Waals surface area contributed by atoms with E-state index in [1.807, 2.05) is 0 Å². The van der Waals surface area contributed by atoms with Crippen LogP contribution in [0.25, 0.3) is 32.9 Å². The maximum absolute atomic E-state index is 16.7. The maximum atomic E-state index is 16.7. The summed E-state index contributed by atoms with van der Waals surface area (Å²) in [6.45, 7) is 2.98. The lowest BCUT2D eigenvalue weighted by molar-refractivity contribution is 0.107. The molecule has 3 N–H and O–H groups in total. The highest BCUT2D eigenvalue weighted by Crippen LogP contribution is 2.41. The van der Waals surface area contributed by atoms with E-state index in [0.717, 1.165) is 51.7 Å². The van der Waals surface area contributed by atoms with Crippen LogP contribution in [-0.2, 0) is 0 Å². The molecule has 0 aliphatic carbocycles. The van der Waals surface area contributed by atoms with Crippen molar-refractivity contribution in [2.24, 2.45) is 0 Å². The molecule has 4 fully saturated rings. The van der Waals surface area contributed by atoms with Gasteiger partial charge in [0.1, 0.15) is 35.7 Å². The van der Waals surface area contributed by atoms with E-state index < -0.39 is 23.3 Å². The van der Waals surface area contributed by atoms with E-state index in [1.165, 1.54) is 6.07 Å². The van der Waals surface area contributed by atoms with Gasteiger partial charge in [0.25, 0.3) is 0 Å². The third-order valence-electron chi connectivity index (χ3n) is 9.90. The molecule has 2 aromatic heterocycles. The Morgan fingerprint density at radius 3 is 2.81 bits per heavy atom. The van der Waals surface area contributed by atoms with Gasteiger partial charge in [-0.15, -0.1) is 0 Å². The summed E-state index contributed by atoms with van der Waals surface area (Å²) in [4.78, 5) is 18.2. The monoisotopic (exact) mass is 589 g/mol. The van der Waals surface area contributed by atoms with E-state index in [2.05, 4.69) is 25.1 Å². The number of nitrogen functional groups attached to an aromatic ring is 1. The van der Waals surface area contributed by atoms with Crippen molar-refractivity contribution < 1.29 is 17.9 Å². The Labute approximate surface area is 247 Å². The fraction of sp³-hybridized carbons (Fsp3) is 0.469. The van der Waals surface area contributed by atoms with Gasteiger partial charge >= 0.3 is 6.01 Å². The van der Waals surface area contributed by atoms with Crippen LogP contribution in [-0.4, -0.2) is 76.4 Å². The molecule has 4 saturated heterocycles. The Hall–Kier alpha value is -3.70. The zero-order chi connectivity index (χ0) is 29.3. The summed E-state index contributed by atoms with van der Waals surface area (Å²) in [6, 6.07) is 10.4. The molecule has 2 bridgehead atoms. The molecular weight excluding hydrogens is 555 g/mol. The SMILES string of the molecule is Nc1cc2cccc(F)c2c(-c2ccc3c(N4CC[C@H]5CC[C@@H](C4)N5)nc(OC[C@@]45CCCN4C[C@H](F)C5)nc3c2F)n1. The highest BCUT2D eigenvalue weighted by Gasteiger charge is 2.49. The second-order valence-electron chi connectivity index (χ2n) is 12.6. The number of fused-ring (bicyclic) bond motifs is 5. The van der Waals surface area contributed by atoms with Crippen molar-refractivity contribution in [3.63, 3.8) is 0 Å². The lowest BCUT2D eigenvalue weighted by Gasteiger charge is -2.31. The van der Waals surface area contributed by atoms with Gasteiger partial charge in [-0.2, -0.15) is 9.97 Å². The standard InChI is InChI=1S/C32H34F3N7O/c33-19-14-32(10-2-11-42(32)15-19)17-43-31-39-29-23(30(40-31)41-12-9-20-5-6-21(16-41)37-20)8-7-22(27(29)35)28-26-18(13-25(36)38-28)3-1-4-24(26)34/h1,3-4,7-8,13,19-21,37H,2,5-6,9-12,14-17H2,(H2,36,38)/t19-,20-,21+,32+/m1/s1. The van der Waals surface area contributed by atoms with Gasteiger partial charge in [0.15, 0.2) is 5.82 Å². The predicted octanol–water partition coefficient (Wildman–Crippen LogP) is 4.99. The number of halogens is 3. The topological polar surface area (TPSA) is 92.4 Å². The van der Waals surface area contributed by atoms with E-state index in [4.69, 9.17) is 15.5 Å². The number of pyridine rings is 1. The van der Waals surface area contributed by atoms with Crippen LogP contribution in [0.5, 0.6) is 6.01 Å². The molecule has 8 nitrogen and oxygen atoms in total. The van der Waals surface area contributed by atoms with Crippen LogP contribution in [0.2, 0.25) is 0 Å². The minimum Gasteiger partial charge on any atom is -0.461 e. The van der Waals surface area contributed by atoms with Crippen molar-refractivity contribution in [1.82, 2.24) is 25.2 Å². The minimum atomic E-state index is -0.891. The zero-order valence-corrected chi connectivity index (χ0v) is 23.8. The van der Waals surface area contributed by atoms with E-state index >= 15 is 8.78 Å². The molecule has 4 atom stereocenters. The van der Waals surface area contributed by atoms with Crippen molar-refractivity contribution in [1.29, 1.82) is 0 Å². The third kappa shape index (κ3) is 4.55. The van der Waals surface area contributed by atoms with Crippen molar-refractivity contribution in [3.05, 3.63) is 48.0 Å². The summed E-state index contributed by atoms with van der Waals surface area (Å²) in [5, 5.41) is 4.96. The largest absolute Gasteiger partial charge is 0.461 e. The van der Waals surface area contributed by atoms with Crippen LogP contribution in [0.3, 0.4) is 0 Å². The number of hydrogen-bond donors (Lipinski definition) is 2. The molecule has 0 radical (unpaired) electrons. The first kappa shape index (κ1) is 26.9. The van der Waals surface area contributed by atoms with Gasteiger partial charge in [0, 0.05) is 54.5 Å². The van der Waals surface area contributed by atoms with E-state index in [-0.39, 0.29) is 40.6 Å². The average molecular weight is 590 g/mol. The molecule has 0 spiro atoms. The molecule has 43 heavy (non-hydrogen) atoms. The number of hydrogen-bond acceptors (Lipinski definition) is 8. The fourth-order valence-electron chi connectivity index (χ4n) is 7.88. The lowest BCUT2D eigenvalue weighted by atomic mass is 9.95. The molecule has 0 saturated carbocycles. The number of rotatable bonds is 5. The van der Waals surface area contributed by atoms with Crippen molar-refractivity contribution in [3.8, 4) is 17.3 Å². The molecule has 11 heteroatoms. The van der Waals surface area contributed by atoms with Gasteiger partial charge < -0.3 is 20.7 Å². The second kappa shape index (κ2) is 10.2. The number of aromatic nitrogens is 3. The number of ether oxygens (including phenoxy) is 1. The summed E-state index contributed by atoms with van der Waals surface area (Å²) in [7, 11) is 0. The molecule has 8 rings (SSSR count). The quantitative estimate of drug-likeness (QED) is 0.337. The van der Waals surface area contributed by atoms with Gasteiger partial charge in [-0.25, -0.2) is 18.2 Å².